The summed E-state index contributed by atoms with van der Waals surface area (Å²) in [5, 5.41) is 0. The Hall–Kier alpha value is -32.0. The molecular formula is Rf32. The van der Waals surface area contributed by atoms with Gasteiger partial charge in [-0.05, 0) is 0 Å². The molecule has 0 aliphatic heterocycles. The Morgan fingerprint density at radius 3 is 0.0312 bits per heavy atom. The third-order valence-corrected chi connectivity index (χ3v) is 0. The first-order chi connectivity index (χ1) is 0. The van der Waals surface area contributed by atoms with Gasteiger partial charge in [0.1, 0.15) is 0 Å². The van der Waals surface area contributed by atoms with Crippen LogP contribution in [0.2, 0.25) is 0 Å². The minimum atomic E-state index is 0. The second-order valence-electron chi connectivity index (χ2n) is 0. The molecule has 0 unspecified atom stereocenters. The van der Waals surface area contributed by atoms with Crippen LogP contribution in [-0.2, 0) is 0 Å². The van der Waals surface area contributed by atoms with Crippen molar-refractivity contribution >= 4 is 0 Å². The van der Waals surface area contributed by atoms with Crippen LogP contribution in [-0.4, -0.2) is 0 Å². The summed E-state index contributed by atoms with van der Waals surface area (Å²) < 4.78 is 0. The quantitative estimate of drug-likeness (QED) is 0.321. The normalized spacial score (nSPS) is 0. The van der Waals surface area contributed by atoms with Crippen LogP contribution in [0.1, 0.15) is 0 Å². The maximum absolute atomic E-state index is 0. The van der Waals surface area contributed by atoms with Crippen LogP contribution in [0.4, 0.5) is 0 Å². The Labute approximate surface area is 0 Å². The number of rotatable bonds is 0. The van der Waals surface area contributed by atoms with E-state index < -0.39 is 0 Å². The van der Waals surface area contributed by atoms with E-state index in [1.165, 1.54) is 0 Å². The predicted octanol–water partition coefficient (Wildman–Crippen LogP) is 0. The Kier molecular flexibility index (Phi) is 0. The molecule has 0 spiro atoms. The van der Waals surface area contributed by atoms with E-state index >= 15 is 0 Å². The molecule has 0 aromatic carbocycles. The van der Waals surface area contributed by atoms with Gasteiger partial charge >= 0.3 is 0 Å². The molecule has 0 bridgehead atoms. The minimum Gasteiger partial charge on any atom is 0 e. The van der Waals surface area contributed by atoms with Gasteiger partial charge in [0.05, 0.1) is 0 Å². The molecule has 64 valence electrons. The van der Waals surface area contributed by atoms with Crippen LogP contribution in [0.5, 0.6) is 0 Å². The van der Waals surface area contributed by atoms with Crippen molar-refractivity contribution in [3.05, 3.63) is 0 Å². The van der Waals surface area contributed by atoms with Gasteiger partial charge in [-0.2, -0.15) is 0 Å². The SMILES string of the molecule is [Rf].[Rf].[Rf].[Rf].[Rf].[Rf].[Rf].[Rf].[Rf].[Rf].[Rf].[Rf].[Rf].[Rf].[Rf].[Rf].[Rf].[Rf].[Rf].[Rf].[Rf].[Rf].[Rf].[Rf].[Rf].[Rf].[Rf].[Rf].[Rf].[Rf].[Rf].[Rf]. The Morgan fingerprint density at radius 2 is 0.0312 bits per heavy atom. The zero-order valence-corrected chi connectivity index (χ0v) is 227. The van der Waals surface area contributed by atoms with Crippen molar-refractivity contribution in [3.8, 4) is 0 Å². The predicted molar refractivity (Wildman–Crippen MR) is 0 cm³/mol. The summed E-state index contributed by atoms with van der Waals surface area (Å²) in [6.45, 7) is 0. The average Bonchev–Trinajstić information content (AvgIpc) is 0. The molecule has 32 heavy (non-hydrogen) atoms. The molecule has 0 fully saturated rings. The molecule has 0 nitrogen and oxygen atoms in total. The van der Waals surface area contributed by atoms with Gasteiger partial charge in [0.25, 0.3) is 0 Å². The van der Waals surface area contributed by atoms with Gasteiger partial charge < -0.3 is 0 Å². The first-order valence-electron chi connectivity index (χ1n) is 0. The van der Waals surface area contributed by atoms with Crippen molar-refractivity contribution in [2.75, 3.05) is 0 Å². The summed E-state index contributed by atoms with van der Waals surface area (Å²) in [6, 6.07) is 0. The third-order valence-electron chi connectivity index (χ3n) is 0. The molecular weight excluding hydrogens is 8540 g/mol. The molecule has 0 rings (SSSR count). The number of hydrogen-bond donors (Lipinski definition) is 0. The van der Waals surface area contributed by atoms with E-state index in [9.17, 15) is 0 Å². The standard InChI is InChI=1S/32Rf. The van der Waals surface area contributed by atoms with E-state index in [1.807, 2.05) is 0 Å². The molecule has 0 aliphatic rings. The molecule has 0 radical (unpaired) electrons. The van der Waals surface area contributed by atoms with Crippen LogP contribution in [0.15, 0.2) is 0 Å². The first-order valence-corrected chi connectivity index (χ1v) is 0. The summed E-state index contributed by atoms with van der Waals surface area (Å²) in [4.78, 5) is 0. The summed E-state index contributed by atoms with van der Waals surface area (Å²) in [5.74, 6) is 0. The van der Waals surface area contributed by atoms with Crippen molar-refractivity contribution in [2.45, 2.75) is 0 Å². The topological polar surface area (TPSA) is 0 Å². The van der Waals surface area contributed by atoms with E-state index in [-0.39, 0.29) is 0 Å². The molecule has 0 aromatic rings. The van der Waals surface area contributed by atoms with Crippen LogP contribution in [0.3, 0.4) is 0 Å². The van der Waals surface area contributed by atoms with Crippen LogP contribution in [0.25, 0.3) is 0 Å². The maximum atomic E-state index is 0. The van der Waals surface area contributed by atoms with Crippen molar-refractivity contribution in [3.63, 3.8) is 0 Å². The molecule has 0 amide bonds. The fourth-order valence-corrected chi connectivity index (χ4v) is 0. The van der Waals surface area contributed by atoms with E-state index in [2.05, 4.69) is 0 Å². The zero-order chi connectivity index (χ0) is 0. The molecule has 0 heterocycles. The molecule has 32 heteroatoms. The third kappa shape index (κ3) is -0.0176. The molecule has 0 saturated carbocycles. The van der Waals surface area contributed by atoms with E-state index in [0.29, 0.717) is 0 Å². The smallest absolute Gasteiger partial charge is 0 e. The molecule has 0 saturated heterocycles. The van der Waals surface area contributed by atoms with Crippen molar-refractivity contribution in [2.24, 2.45) is 0 Å². The first kappa shape index (κ1) is 0. The maximum Gasteiger partial charge on any atom is 0 e. The largest absolute Gasteiger partial charge is 0 e. The summed E-state index contributed by atoms with van der Waals surface area (Å²) >= 11 is 0. The van der Waals surface area contributed by atoms with Gasteiger partial charge in [0, 0.05) is 0 Å². The Bertz CT molecular complexity index is 0. The molecule has 0 atom stereocenters. The van der Waals surface area contributed by atoms with Gasteiger partial charge in [-0.1, -0.05) is 0 Å². The fraction of sp³-hybridized carbons (Fsp3) is 0. The second-order valence-corrected chi connectivity index (χ2v) is 0. The summed E-state index contributed by atoms with van der Waals surface area (Å²) in [7, 11) is 0. The number of hydrogen-bond acceptors (Lipinski definition) is 0. The van der Waals surface area contributed by atoms with Gasteiger partial charge in [-0.3, -0.25) is 0 Å². The minimum absolute atomic E-state index is 0. The Morgan fingerprint density at radius 1 is 0.0312 bits per heavy atom. The van der Waals surface area contributed by atoms with Crippen LogP contribution >= 0.6 is 0 Å². The fourth-order valence-electron chi connectivity index (χ4n) is 0. The van der Waals surface area contributed by atoms with Crippen LogP contribution < -0.4 is 0 Å². The van der Waals surface area contributed by atoms with Crippen LogP contribution in [0, 0.1) is 0 Å². The van der Waals surface area contributed by atoms with Crippen molar-refractivity contribution < 1.29 is 0 Å². The van der Waals surface area contributed by atoms with Gasteiger partial charge in [0.2, 0.25) is 0 Å². The summed E-state index contributed by atoms with van der Waals surface area (Å²) in [6.07, 6.45) is 0. The molecule has 0 N–H and O–H groups in total. The second kappa shape index (κ2) is -0.00391. The Balaban J connectivity index is 0. The van der Waals surface area contributed by atoms with E-state index in [0.717, 1.165) is 0 Å². The summed E-state index contributed by atoms with van der Waals surface area (Å²) in [5.41, 5.74) is 0. The van der Waals surface area contributed by atoms with Crippen molar-refractivity contribution in [1.82, 2.24) is 0 Å². The van der Waals surface area contributed by atoms with Crippen molar-refractivity contribution in [1.29, 1.82) is 0 Å². The zero-order valence-electron chi connectivity index (χ0n) is 22.6. The molecule has 0 aromatic heterocycles. The van der Waals surface area contributed by atoms with Gasteiger partial charge in [-0.15, -0.1) is 0 Å². The van der Waals surface area contributed by atoms with E-state index in [4.69, 9.17) is 0 Å². The monoisotopic (exact) mass is 8550 g/mol. The van der Waals surface area contributed by atoms with Gasteiger partial charge in [-0.25, -0.2) is 0 Å². The van der Waals surface area contributed by atoms with Gasteiger partial charge in [0.15, 0.2) is 0 Å². The van der Waals surface area contributed by atoms with E-state index in [1.54, 1.807) is 0 Å². The average molecular weight is 8540 g/mol. The molecule has 0 aliphatic carbocycles.